The third-order valence-corrected chi connectivity index (χ3v) is 6.55. The quantitative estimate of drug-likeness (QED) is 0.0664. The molecule has 2 aromatic carbocycles. The van der Waals surface area contributed by atoms with Crippen molar-refractivity contribution in [1.29, 1.82) is 0 Å². The molecule has 0 spiro atoms. The van der Waals surface area contributed by atoms with Crippen molar-refractivity contribution < 1.29 is 36.5 Å². The molecule has 40 heavy (non-hydrogen) atoms. The minimum atomic E-state index is -4.61. The second-order valence-electron chi connectivity index (χ2n) is 11.2. The number of carbonyl (C=O) groups excluding carboxylic acids is 2. The van der Waals surface area contributed by atoms with E-state index in [4.69, 9.17) is 19.7 Å². The molecule has 11 heteroatoms. The molecule has 2 aromatic rings. The van der Waals surface area contributed by atoms with Crippen LogP contribution in [-0.2, 0) is 19.6 Å². The number of fused-ring (bicyclic) bond motifs is 2. The fourth-order valence-electron chi connectivity index (χ4n) is 4.10. The summed E-state index contributed by atoms with van der Waals surface area (Å²) in [7, 11) is -4.61. The van der Waals surface area contributed by atoms with Gasteiger partial charge in [0.15, 0.2) is 0 Å². The van der Waals surface area contributed by atoms with Crippen LogP contribution in [0.2, 0.25) is 0 Å². The molecule has 0 saturated heterocycles. The molecule has 1 aliphatic carbocycles. The summed E-state index contributed by atoms with van der Waals surface area (Å²) in [6, 6.07) is 15.3. The molecule has 0 aromatic heterocycles. The molecular weight excluding hydrogens is 536 g/mol. The van der Waals surface area contributed by atoms with Gasteiger partial charge in [0.1, 0.15) is 27.4 Å². The summed E-state index contributed by atoms with van der Waals surface area (Å²) >= 11 is 0. The Morgan fingerprint density at radius 1 is 0.875 bits per heavy atom. The Morgan fingerprint density at radius 2 is 1.52 bits per heavy atom. The molecule has 0 fully saturated rings. The Morgan fingerprint density at radius 3 is 2.15 bits per heavy atom. The molecule has 10 nitrogen and oxygen atoms in total. The van der Waals surface area contributed by atoms with Gasteiger partial charge in [-0.1, -0.05) is 18.2 Å². The van der Waals surface area contributed by atoms with Crippen LogP contribution in [0.4, 0.5) is 4.79 Å². The molecule has 0 bridgehead atoms. The predicted molar refractivity (Wildman–Crippen MR) is 149 cm³/mol. The van der Waals surface area contributed by atoms with Crippen LogP contribution in [0.15, 0.2) is 70.0 Å². The summed E-state index contributed by atoms with van der Waals surface area (Å²) in [6.07, 6.45) is -0.795. The van der Waals surface area contributed by atoms with E-state index in [9.17, 15) is 22.6 Å². The van der Waals surface area contributed by atoms with Crippen molar-refractivity contribution in [2.24, 2.45) is 5.84 Å². The number of hydrogen-bond acceptors (Lipinski definition) is 8. The van der Waals surface area contributed by atoms with Crippen LogP contribution in [0.3, 0.4) is 0 Å². The van der Waals surface area contributed by atoms with Gasteiger partial charge < -0.3 is 13.9 Å². The van der Waals surface area contributed by atoms with E-state index in [0.29, 0.717) is 16.5 Å². The van der Waals surface area contributed by atoms with Crippen LogP contribution in [0.25, 0.3) is 33.4 Å². The Labute approximate surface area is 231 Å². The average Bonchev–Trinajstić information content (AvgIpc) is 2.83. The molecule has 2 aliphatic rings. The number of rotatable bonds is 3. The third kappa shape index (κ3) is 6.16. The van der Waals surface area contributed by atoms with E-state index in [-0.39, 0.29) is 32.7 Å². The van der Waals surface area contributed by atoms with Crippen molar-refractivity contribution in [2.75, 3.05) is 0 Å². The standard InChI is InChI=1S/C29H30N2O8S/c1-28(2,3)38-26(32)17-11-13-19-22(15-17)37-23-16-18(31(30)27(33)39-29(4,5)6)12-14-20(23)25(19)21-9-7-8-10-24(21)40(34,35)36/h7-16H,1-6H3,(H2-,30,32,34,35,36)/p+1. The molecule has 210 valence electrons. The topological polar surface area (TPSA) is 149 Å². The summed E-state index contributed by atoms with van der Waals surface area (Å²) in [6.45, 7) is 10.4. The van der Waals surface area contributed by atoms with Gasteiger partial charge in [0.2, 0.25) is 5.36 Å². The molecule has 4 rings (SSSR count). The lowest BCUT2D eigenvalue weighted by atomic mass is 9.93. The van der Waals surface area contributed by atoms with Gasteiger partial charge in [-0.15, -0.1) is 0 Å². The summed E-state index contributed by atoms with van der Waals surface area (Å²) in [5.74, 6) is 5.70. The van der Waals surface area contributed by atoms with Crippen molar-refractivity contribution in [1.82, 2.24) is 4.68 Å². The van der Waals surface area contributed by atoms with Crippen LogP contribution in [0.1, 0.15) is 51.9 Å². The van der Waals surface area contributed by atoms with Crippen LogP contribution in [0, 0.1) is 0 Å². The first kappa shape index (κ1) is 28.8. The molecular formula is C29H31N2O8S+. The van der Waals surface area contributed by atoms with E-state index < -0.39 is 33.4 Å². The maximum Gasteiger partial charge on any atom is 0.626 e. The highest BCUT2D eigenvalue weighted by atomic mass is 32.2. The number of esters is 1. The second-order valence-corrected chi connectivity index (χ2v) is 12.6. The summed E-state index contributed by atoms with van der Waals surface area (Å²) < 4.78 is 52.4. The number of carbonyl (C=O) groups is 2. The number of benzene rings is 3. The first-order valence-electron chi connectivity index (χ1n) is 12.4. The molecule has 1 amide bonds. The number of hydrazine groups is 1. The van der Waals surface area contributed by atoms with Crippen LogP contribution < -0.4 is 15.9 Å². The van der Waals surface area contributed by atoms with Crippen LogP contribution in [-0.4, -0.2) is 36.2 Å². The van der Waals surface area contributed by atoms with Crippen molar-refractivity contribution in [2.45, 2.75) is 57.6 Å². The fourth-order valence-corrected chi connectivity index (χ4v) is 4.80. The maximum atomic E-state index is 12.8. The van der Waals surface area contributed by atoms with E-state index in [1.54, 1.807) is 77.9 Å². The maximum absolute atomic E-state index is 12.8. The first-order chi connectivity index (χ1) is 18.4. The fraction of sp³-hybridized carbons (Fsp3) is 0.276. The lowest BCUT2D eigenvalue weighted by Gasteiger charge is -2.20. The van der Waals surface area contributed by atoms with Gasteiger partial charge in [-0.25, -0.2) is 4.79 Å². The lowest BCUT2D eigenvalue weighted by molar-refractivity contribution is 0.00691. The second kappa shape index (κ2) is 10.1. The summed E-state index contributed by atoms with van der Waals surface area (Å²) in [5.41, 5.74) is 0.0382. The van der Waals surface area contributed by atoms with Gasteiger partial charge in [0.25, 0.3) is 10.1 Å². The van der Waals surface area contributed by atoms with Crippen LogP contribution in [0.5, 0.6) is 0 Å². The Kier molecular flexibility index (Phi) is 7.24. The number of hydrogen-bond donors (Lipinski definition) is 2. The van der Waals surface area contributed by atoms with Crippen molar-refractivity contribution in [3.63, 3.8) is 0 Å². The minimum absolute atomic E-state index is 0.213. The predicted octanol–water partition coefficient (Wildman–Crippen LogP) is 4.99. The molecule has 0 atom stereocenters. The van der Waals surface area contributed by atoms with E-state index in [1.165, 1.54) is 24.3 Å². The van der Waals surface area contributed by atoms with Crippen LogP contribution >= 0.6 is 0 Å². The molecule has 1 aliphatic heterocycles. The minimum Gasteiger partial charge on any atom is -0.456 e. The molecule has 1 heterocycles. The average molecular weight is 568 g/mol. The van der Waals surface area contributed by atoms with E-state index in [2.05, 4.69) is 0 Å². The van der Waals surface area contributed by atoms with E-state index in [1.807, 2.05) is 0 Å². The molecule has 0 radical (unpaired) electrons. The van der Waals surface area contributed by atoms with Crippen molar-refractivity contribution in [3.8, 4) is 22.5 Å². The summed E-state index contributed by atoms with van der Waals surface area (Å²) in [5, 5.41) is 0.711. The largest absolute Gasteiger partial charge is 0.626 e. The molecule has 0 saturated carbocycles. The van der Waals surface area contributed by atoms with Gasteiger partial charge in [-0.3, -0.25) is 4.55 Å². The van der Waals surface area contributed by atoms with Crippen molar-refractivity contribution in [3.05, 3.63) is 71.6 Å². The summed E-state index contributed by atoms with van der Waals surface area (Å²) in [4.78, 5) is 25.1. The zero-order valence-corrected chi connectivity index (χ0v) is 23.8. The first-order valence-corrected chi connectivity index (χ1v) is 13.8. The Hall–Kier alpha value is -4.22. The number of nitrogens with two attached hydrogens (primary N) is 1. The zero-order valence-electron chi connectivity index (χ0n) is 23.0. The van der Waals surface area contributed by atoms with E-state index >= 15 is 0 Å². The third-order valence-electron chi connectivity index (χ3n) is 5.64. The van der Waals surface area contributed by atoms with Gasteiger partial charge in [-0.05, 0) is 76.6 Å². The number of amides is 1. The highest BCUT2D eigenvalue weighted by Crippen LogP contribution is 2.42. The number of nitrogens with zero attached hydrogens (tertiary/aromatic N) is 1. The lowest BCUT2D eigenvalue weighted by Crippen LogP contribution is -2.44. The molecule has 3 N–H and O–H groups in total. The zero-order chi connectivity index (χ0) is 29.6. The molecule has 0 unspecified atom stereocenters. The van der Waals surface area contributed by atoms with Gasteiger partial charge >= 0.3 is 12.1 Å². The highest BCUT2D eigenvalue weighted by Gasteiger charge is 2.28. The SMILES string of the molecule is CC(C)(C)OC(=O)c1ccc2c(-c3ccccc3S(=O)(=O)O)c3ccc(=[N+](N)C(=O)OC(C)(C)C)cc-3oc2c1. The smallest absolute Gasteiger partial charge is 0.456 e. The van der Waals surface area contributed by atoms with Gasteiger partial charge in [0, 0.05) is 28.1 Å². The monoisotopic (exact) mass is 567 g/mol. The van der Waals surface area contributed by atoms with Crippen molar-refractivity contribution >= 4 is 33.1 Å². The van der Waals surface area contributed by atoms with Gasteiger partial charge in [0.05, 0.1) is 11.6 Å². The normalized spacial score (nSPS) is 13.3. The Bertz CT molecular complexity index is 1790. The highest BCUT2D eigenvalue weighted by molar-refractivity contribution is 7.86. The van der Waals surface area contributed by atoms with Gasteiger partial charge in [-0.2, -0.15) is 19.1 Å². The van der Waals surface area contributed by atoms with E-state index in [0.717, 1.165) is 4.68 Å². The Balaban J connectivity index is 2.06. The number of ether oxygens (including phenoxy) is 2.